The van der Waals surface area contributed by atoms with Gasteiger partial charge in [0.25, 0.3) is 0 Å². The highest BCUT2D eigenvalue weighted by Crippen LogP contribution is 2.12. The summed E-state index contributed by atoms with van der Waals surface area (Å²) in [6.07, 6.45) is 0. The average Bonchev–Trinajstić information content (AvgIpc) is 2.03. The zero-order valence-corrected chi connectivity index (χ0v) is 9.04. The third kappa shape index (κ3) is 3.18. The quantitative estimate of drug-likeness (QED) is 0.685. The Kier molecular flexibility index (Phi) is 4.13. The van der Waals surface area contributed by atoms with Crippen LogP contribution in [0.3, 0.4) is 0 Å². The molecular formula is C7H7IO3S. The molecule has 5 heteroatoms. The molecule has 1 aromatic rings. The summed E-state index contributed by atoms with van der Waals surface area (Å²) < 4.78 is 24.1. The molecule has 66 valence electrons. The van der Waals surface area contributed by atoms with Crippen molar-refractivity contribution in [1.82, 2.24) is 0 Å². The minimum Gasteiger partial charge on any atom is -0.284 e. The Hall–Kier alpha value is 0.0200. The fraction of sp³-hybridized carbons (Fsp3) is 0.143. The lowest BCUT2D eigenvalue weighted by Crippen LogP contribution is -1.97. The maximum Gasteiger partial charge on any atom is 0.302 e. The van der Waals surface area contributed by atoms with Crippen molar-refractivity contribution >= 4 is 34.0 Å². The summed E-state index contributed by atoms with van der Waals surface area (Å²) in [5, 5.41) is 0. The predicted molar refractivity (Wildman–Crippen MR) is 54.7 cm³/mol. The smallest absolute Gasteiger partial charge is 0.284 e. The molecule has 0 aromatic heterocycles. The molecular weight excluding hydrogens is 291 g/mol. The lowest BCUT2D eigenvalue weighted by atomic mass is 10.2. The minimum atomic E-state index is -2.18. The molecule has 0 aliphatic heterocycles. The van der Waals surface area contributed by atoms with Gasteiger partial charge in [0.1, 0.15) is 0 Å². The van der Waals surface area contributed by atoms with Crippen LogP contribution in [0.25, 0.3) is 0 Å². The van der Waals surface area contributed by atoms with Crippen LogP contribution in [0.15, 0.2) is 24.3 Å². The van der Waals surface area contributed by atoms with Crippen LogP contribution in [0.2, 0.25) is 0 Å². The molecule has 0 aliphatic rings. The first-order valence-electron chi connectivity index (χ1n) is 3.17. The molecule has 0 saturated carbocycles. The van der Waals surface area contributed by atoms with E-state index in [1.165, 1.54) is 0 Å². The summed E-state index contributed by atoms with van der Waals surface area (Å²) in [5.41, 5.74) is 0.917. The number of rotatable bonds is 3. The summed E-state index contributed by atoms with van der Waals surface area (Å²) >= 11 is -0.0311. The highest BCUT2D eigenvalue weighted by atomic mass is 127. The monoisotopic (exact) mass is 298 g/mol. The van der Waals surface area contributed by atoms with Gasteiger partial charge in [-0.25, -0.2) is 0 Å². The first-order chi connectivity index (χ1) is 5.70. The van der Waals surface area contributed by atoms with Crippen LogP contribution in [0, 0.1) is 3.57 Å². The summed E-state index contributed by atoms with van der Waals surface area (Å²) in [6.45, 7) is 0.169. The topological polar surface area (TPSA) is 46.5 Å². The predicted octanol–water partition coefficient (Wildman–Crippen LogP) is 1.94. The molecule has 1 atom stereocenters. The van der Waals surface area contributed by atoms with Gasteiger partial charge in [0, 0.05) is 3.57 Å². The van der Waals surface area contributed by atoms with Crippen LogP contribution in [0.1, 0.15) is 5.56 Å². The van der Waals surface area contributed by atoms with Gasteiger partial charge < -0.3 is 0 Å². The van der Waals surface area contributed by atoms with Crippen molar-refractivity contribution < 1.29 is 12.9 Å². The fourth-order valence-corrected chi connectivity index (χ4v) is 1.50. The van der Waals surface area contributed by atoms with Crippen molar-refractivity contribution in [3.05, 3.63) is 33.4 Å². The molecule has 0 aliphatic carbocycles. The standard InChI is InChI=1S/C7H7IO3S/c8-7-4-2-1-3-6(7)5-11-12(9)10/h1-4H,5H2,(H,9,10). The van der Waals surface area contributed by atoms with Crippen molar-refractivity contribution in [2.75, 3.05) is 0 Å². The number of hydrogen-bond donors (Lipinski definition) is 1. The summed E-state index contributed by atoms with van der Waals surface area (Å²) in [6, 6.07) is 7.54. The SMILES string of the molecule is O=S(O)OCc1ccccc1I. The first kappa shape index (κ1) is 10.1. The summed E-state index contributed by atoms with van der Waals surface area (Å²) in [5.74, 6) is 0. The highest BCUT2D eigenvalue weighted by molar-refractivity contribution is 14.1. The maximum absolute atomic E-state index is 10.2. The molecule has 0 saturated heterocycles. The second-order valence-electron chi connectivity index (χ2n) is 2.07. The van der Waals surface area contributed by atoms with Crippen molar-refractivity contribution in [2.24, 2.45) is 0 Å². The molecule has 1 rings (SSSR count). The summed E-state index contributed by atoms with van der Waals surface area (Å²) in [4.78, 5) is 0. The van der Waals surface area contributed by atoms with E-state index in [0.717, 1.165) is 9.13 Å². The van der Waals surface area contributed by atoms with Crippen LogP contribution in [-0.4, -0.2) is 8.76 Å². The van der Waals surface area contributed by atoms with Crippen LogP contribution in [-0.2, 0) is 22.2 Å². The number of halogens is 1. The molecule has 12 heavy (non-hydrogen) atoms. The van der Waals surface area contributed by atoms with Gasteiger partial charge in [0.05, 0.1) is 6.61 Å². The van der Waals surface area contributed by atoms with E-state index in [0.29, 0.717) is 0 Å². The molecule has 1 aromatic carbocycles. The van der Waals surface area contributed by atoms with Crippen molar-refractivity contribution in [3.63, 3.8) is 0 Å². The van der Waals surface area contributed by atoms with E-state index in [-0.39, 0.29) is 6.61 Å². The molecule has 0 fully saturated rings. The van der Waals surface area contributed by atoms with E-state index in [1.807, 2.05) is 24.3 Å². The van der Waals surface area contributed by atoms with Crippen LogP contribution in [0.4, 0.5) is 0 Å². The maximum atomic E-state index is 10.2. The Bertz CT molecular complexity index is 290. The van der Waals surface area contributed by atoms with Crippen LogP contribution in [0.5, 0.6) is 0 Å². The molecule has 0 spiro atoms. The second kappa shape index (κ2) is 4.90. The van der Waals surface area contributed by atoms with E-state index in [2.05, 4.69) is 26.8 Å². The number of benzene rings is 1. The third-order valence-electron chi connectivity index (χ3n) is 1.27. The van der Waals surface area contributed by atoms with Gasteiger partial charge >= 0.3 is 11.4 Å². The Labute approximate surface area is 86.8 Å². The van der Waals surface area contributed by atoms with Gasteiger partial charge in [-0.15, -0.1) is 0 Å². The lowest BCUT2D eigenvalue weighted by Gasteiger charge is -2.01. The molecule has 0 amide bonds. The minimum absolute atomic E-state index is 0.169. The van der Waals surface area contributed by atoms with Gasteiger partial charge in [-0.2, -0.15) is 4.21 Å². The average molecular weight is 298 g/mol. The van der Waals surface area contributed by atoms with E-state index in [1.54, 1.807) is 0 Å². The van der Waals surface area contributed by atoms with Gasteiger partial charge in [0.15, 0.2) is 0 Å². The molecule has 3 nitrogen and oxygen atoms in total. The summed E-state index contributed by atoms with van der Waals surface area (Å²) in [7, 11) is 0. The van der Waals surface area contributed by atoms with Crippen LogP contribution < -0.4 is 0 Å². The Morgan fingerprint density at radius 2 is 2.17 bits per heavy atom. The molecule has 1 N–H and O–H groups in total. The molecule has 0 radical (unpaired) electrons. The largest absolute Gasteiger partial charge is 0.302 e. The van der Waals surface area contributed by atoms with Gasteiger partial charge in [-0.05, 0) is 34.2 Å². The van der Waals surface area contributed by atoms with E-state index in [4.69, 9.17) is 4.55 Å². The van der Waals surface area contributed by atoms with Crippen LogP contribution >= 0.6 is 22.6 Å². The van der Waals surface area contributed by atoms with Gasteiger partial charge in [-0.3, -0.25) is 8.74 Å². The van der Waals surface area contributed by atoms with Gasteiger partial charge in [0.2, 0.25) is 0 Å². The molecule has 1 unspecified atom stereocenters. The van der Waals surface area contributed by atoms with E-state index < -0.39 is 11.4 Å². The normalized spacial score (nSPS) is 12.8. The Morgan fingerprint density at radius 3 is 2.75 bits per heavy atom. The van der Waals surface area contributed by atoms with E-state index >= 15 is 0 Å². The third-order valence-corrected chi connectivity index (χ3v) is 2.64. The Balaban J connectivity index is 2.63. The molecule has 0 bridgehead atoms. The van der Waals surface area contributed by atoms with E-state index in [9.17, 15) is 4.21 Å². The number of hydrogen-bond acceptors (Lipinski definition) is 2. The molecule has 0 heterocycles. The first-order valence-corrected chi connectivity index (χ1v) is 5.29. The van der Waals surface area contributed by atoms with Crippen molar-refractivity contribution in [1.29, 1.82) is 0 Å². The zero-order valence-electron chi connectivity index (χ0n) is 6.07. The van der Waals surface area contributed by atoms with Crippen molar-refractivity contribution in [2.45, 2.75) is 6.61 Å². The lowest BCUT2D eigenvalue weighted by molar-refractivity contribution is 0.296. The second-order valence-corrected chi connectivity index (χ2v) is 3.90. The zero-order chi connectivity index (χ0) is 8.97. The fourth-order valence-electron chi connectivity index (χ4n) is 0.729. The Morgan fingerprint density at radius 1 is 1.50 bits per heavy atom. The van der Waals surface area contributed by atoms with Gasteiger partial charge in [-0.1, -0.05) is 18.2 Å². The highest BCUT2D eigenvalue weighted by Gasteiger charge is 1.99. The van der Waals surface area contributed by atoms with Crippen molar-refractivity contribution in [3.8, 4) is 0 Å².